The van der Waals surface area contributed by atoms with Gasteiger partial charge in [-0.25, -0.2) is 14.8 Å². The van der Waals surface area contributed by atoms with Crippen molar-refractivity contribution in [2.45, 2.75) is 26.3 Å². The van der Waals surface area contributed by atoms with Crippen LogP contribution in [0.25, 0.3) is 10.2 Å². The van der Waals surface area contributed by atoms with Gasteiger partial charge in [0.15, 0.2) is 5.82 Å². The van der Waals surface area contributed by atoms with Crippen molar-refractivity contribution in [3.8, 4) is 0 Å². The number of carboxylic acid groups (broad SMARTS) is 1. The fourth-order valence-corrected chi connectivity index (χ4v) is 2.74. The Bertz CT molecular complexity index is 579. The van der Waals surface area contributed by atoms with Crippen molar-refractivity contribution in [1.29, 1.82) is 0 Å². The van der Waals surface area contributed by atoms with Crippen LogP contribution in [0.3, 0.4) is 0 Å². The molecule has 0 amide bonds. The molecular weight excluding hydrogens is 250 g/mol. The first kappa shape index (κ1) is 12.8. The van der Waals surface area contributed by atoms with E-state index in [-0.39, 0.29) is 0 Å². The minimum atomic E-state index is -1.000. The Balaban J connectivity index is 2.57. The Hall–Kier alpha value is -1.69. The lowest BCUT2D eigenvalue weighted by atomic mass is 10.0. The number of anilines is 1. The molecule has 1 N–H and O–H groups in total. The molecule has 2 rings (SSSR count). The first-order valence-electron chi connectivity index (χ1n) is 5.67. The van der Waals surface area contributed by atoms with Crippen LogP contribution in [-0.2, 0) is 4.79 Å². The van der Waals surface area contributed by atoms with Crippen LogP contribution in [0.2, 0.25) is 0 Å². The summed E-state index contributed by atoms with van der Waals surface area (Å²) < 4.78 is 0.925. The maximum Gasteiger partial charge on any atom is 0.328 e. The summed E-state index contributed by atoms with van der Waals surface area (Å²) in [6, 6.07) is 1.91. The number of aromatic nitrogens is 2. The van der Waals surface area contributed by atoms with Crippen molar-refractivity contribution in [3.05, 3.63) is 17.8 Å². The minimum absolute atomic E-state index is 0.573. The average molecular weight is 265 g/mol. The van der Waals surface area contributed by atoms with Gasteiger partial charge in [-0.05, 0) is 32.2 Å². The topological polar surface area (TPSA) is 66.3 Å². The molecule has 5 nitrogen and oxygen atoms in total. The van der Waals surface area contributed by atoms with Crippen molar-refractivity contribution < 1.29 is 9.90 Å². The second-order valence-corrected chi connectivity index (χ2v) is 5.36. The molecule has 2 aromatic rings. The highest BCUT2D eigenvalue weighted by atomic mass is 32.1. The maximum absolute atomic E-state index is 11.4. The first-order chi connectivity index (χ1) is 8.48. The monoisotopic (exact) mass is 265 g/mol. The number of hydrogen-bond acceptors (Lipinski definition) is 5. The molecule has 0 saturated carbocycles. The van der Waals surface area contributed by atoms with Gasteiger partial charge in [0.2, 0.25) is 0 Å². The highest BCUT2D eigenvalue weighted by Crippen LogP contribution is 2.31. The largest absolute Gasteiger partial charge is 0.480 e. The van der Waals surface area contributed by atoms with Gasteiger partial charge in [0.05, 0.1) is 10.2 Å². The number of fused-ring (bicyclic) bond motifs is 1. The van der Waals surface area contributed by atoms with Crippen LogP contribution in [0, 0.1) is 0 Å². The van der Waals surface area contributed by atoms with Gasteiger partial charge in [0.25, 0.3) is 0 Å². The van der Waals surface area contributed by atoms with E-state index >= 15 is 0 Å². The number of carbonyl (C=O) groups is 1. The molecule has 18 heavy (non-hydrogen) atoms. The molecule has 0 saturated heterocycles. The predicted molar refractivity (Wildman–Crippen MR) is 72.1 cm³/mol. The summed E-state index contributed by atoms with van der Waals surface area (Å²) in [5, 5.41) is 11.3. The number of likely N-dealkylation sites (N-methyl/N-ethyl adjacent to an activating group) is 1. The summed E-state index contributed by atoms with van der Waals surface area (Å²) >= 11 is 1.53. The third-order valence-corrected chi connectivity index (χ3v) is 3.89. The Labute approximate surface area is 109 Å². The summed E-state index contributed by atoms with van der Waals surface area (Å²) in [6.45, 7) is 5.86. The van der Waals surface area contributed by atoms with Gasteiger partial charge in [-0.15, -0.1) is 11.3 Å². The van der Waals surface area contributed by atoms with Crippen LogP contribution in [0.15, 0.2) is 17.8 Å². The number of rotatable bonds is 4. The molecule has 0 fully saturated rings. The van der Waals surface area contributed by atoms with Crippen LogP contribution in [0.1, 0.15) is 20.8 Å². The van der Waals surface area contributed by atoms with Crippen molar-refractivity contribution in [1.82, 2.24) is 9.97 Å². The van der Waals surface area contributed by atoms with Gasteiger partial charge in [-0.1, -0.05) is 0 Å². The van der Waals surface area contributed by atoms with Gasteiger partial charge in [0.1, 0.15) is 11.9 Å². The average Bonchev–Trinajstić information content (AvgIpc) is 2.78. The Morgan fingerprint density at radius 2 is 2.22 bits per heavy atom. The van der Waals surface area contributed by atoms with Crippen LogP contribution >= 0.6 is 11.3 Å². The molecular formula is C12H15N3O2S. The molecule has 0 aliphatic carbocycles. The van der Waals surface area contributed by atoms with Gasteiger partial charge in [-0.3, -0.25) is 0 Å². The van der Waals surface area contributed by atoms with Crippen LogP contribution < -0.4 is 4.90 Å². The molecule has 0 atom stereocenters. The molecule has 96 valence electrons. The van der Waals surface area contributed by atoms with Gasteiger partial charge in [0, 0.05) is 6.54 Å². The zero-order valence-corrected chi connectivity index (χ0v) is 11.4. The molecule has 2 aromatic heterocycles. The van der Waals surface area contributed by atoms with Crippen molar-refractivity contribution in [2.24, 2.45) is 0 Å². The van der Waals surface area contributed by atoms with Crippen LogP contribution in [-0.4, -0.2) is 33.1 Å². The zero-order chi connectivity index (χ0) is 13.3. The number of thiophene rings is 1. The molecule has 2 heterocycles. The van der Waals surface area contributed by atoms with Crippen molar-refractivity contribution in [3.63, 3.8) is 0 Å². The SMILES string of the molecule is CCN(c1ncnc2ccsc12)C(C)(C)C(=O)O. The zero-order valence-electron chi connectivity index (χ0n) is 10.5. The van der Waals surface area contributed by atoms with E-state index in [1.807, 2.05) is 18.4 Å². The van der Waals surface area contributed by atoms with Crippen molar-refractivity contribution >= 4 is 33.3 Å². The minimum Gasteiger partial charge on any atom is -0.480 e. The molecule has 0 aliphatic heterocycles. The summed E-state index contributed by atoms with van der Waals surface area (Å²) in [6.07, 6.45) is 1.48. The Morgan fingerprint density at radius 3 is 2.83 bits per heavy atom. The standard InChI is InChI=1S/C12H15N3O2S/c1-4-15(12(2,3)11(16)17)10-9-8(5-6-18-9)13-7-14-10/h5-7H,4H2,1-3H3,(H,16,17). The molecule has 0 aromatic carbocycles. The third kappa shape index (κ3) is 1.92. The lowest BCUT2D eigenvalue weighted by molar-refractivity contribution is -0.142. The number of carboxylic acids is 1. The van der Waals surface area contributed by atoms with E-state index in [0.717, 1.165) is 10.2 Å². The smallest absolute Gasteiger partial charge is 0.328 e. The van der Waals surface area contributed by atoms with Crippen molar-refractivity contribution in [2.75, 3.05) is 11.4 Å². The molecule has 0 unspecified atom stereocenters. The number of aliphatic carboxylic acids is 1. The third-order valence-electron chi connectivity index (χ3n) is 2.99. The number of hydrogen-bond donors (Lipinski definition) is 1. The van der Waals surface area contributed by atoms with E-state index in [4.69, 9.17) is 0 Å². The maximum atomic E-state index is 11.4. The molecule has 6 heteroatoms. The quantitative estimate of drug-likeness (QED) is 0.919. The summed E-state index contributed by atoms with van der Waals surface area (Å²) in [7, 11) is 0. The summed E-state index contributed by atoms with van der Waals surface area (Å²) in [5.41, 5.74) is -0.148. The second-order valence-electron chi connectivity index (χ2n) is 4.44. The van der Waals surface area contributed by atoms with E-state index in [1.54, 1.807) is 18.7 Å². The molecule has 0 radical (unpaired) electrons. The lowest BCUT2D eigenvalue weighted by Crippen LogP contribution is -2.50. The normalized spacial score (nSPS) is 11.7. The van der Waals surface area contributed by atoms with Crippen LogP contribution in [0.4, 0.5) is 5.82 Å². The number of nitrogens with zero attached hydrogens (tertiary/aromatic N) is 3. The van der Waals surface area contributed by atoms with Gasteiger partial charge in [-0.2, -0.15) is 0 Å². The molecule has 0 aliphatic rings. The fourth-order valence-electron chi connectivity index (χ4n) is 1.89. The summed E-state index contributed by atoms with van der Waals surface area (Å²) in [4.78, 5) is 21.6. The fraction of sp³-hybridized carbons (Fsp3) is 0.417. The highest BCUT2D eigenvalue weighted by molar-refractivity contribution is 7.17. The Kier molecular flexibility index (Phi) is 3.21. The molecule has 0 bridgehead atoms. The van der Waals surface area contributed by atoms with E-state index in [0.29, 0.717) is 12.4 Å². The van der Waals surface area contributed by atoms with Gasteiger partial charge < -0.3 is 10.0 Å². The van der Waals surface area contributed by atoms with E-state index < -0.39 is 11.5 Å². The van der Waals surface area contributed by atoms with Gasteiger partial charge >= 0.3 is 5.97 Å². The predicted octanol–water partition coefficient (Wildman–Crippen LogP) is 2.38. The highest BCUT2D eigenvalue weighted by Gasteiger charge is 2.35. The van der Waals surface area contributed by atoms with E-state index in [9.17, 15) is 9.90 Å². The van der Waals surface area contributed by atoms with Crippen LogP contribution in [0.5, 0.6) is 0 Å². The van der Waals surface area contributed by atoms with E-state index in [1.165, 1.54) is 17.7 Å². The summed E-state index contributed by atoms with van der Waals surface area (Å²) in [5.74, 6) is -0.183. The molecule has 0 spiro atoms. The van der Waals surface area contributed by atoms with E-state index in [2.05, 4.69) is 9.97 Å². The second kappa shape index (κ2) is 4.53. The lowest BCUT2D eigenvalue weighted by Gasteiger charge is -2.35. The first-order valence-corrected chi connectivity index (χ1v) is 6.55. The Morgan fingerprint density at radius 1 is 1.50 bits per heavy atom.